The molecule has 0 saturated carbocycles. The van der Waals surface area contributed by atoms with Crippen LogP contribution in [-0.2, 0) is 33.5 Å². The fourth-order valence-electron chi connectivity index (χ4n) is 3.73. The number of nitrogens with zero attached hydrogens (tertiary/aromatic N) is 4. The lowest BCUT2D eigenvalue weighted by Crippen LogP contribution is -2.71. The number of esters is 2. The van der Waals surface area contributed by atoms with Gasteiger partial charge in [-0.15, -0.1) is 23.1 Å². The van der Waals surface area contributed by atoms with Crippen LogP contribution >= 0.6 is 34.4 Å². The summed E-state index contributed by atoms with van der Waals surface area (Å²) in [7, 11) is 1.29. The molecule has 2 atom stereocenters. The minimum atomic E-state index is -0.949. The molecule has 41 heavy (non-hydrogen) atoms. The fraction of sp³-hybridized carbons (Fsp3) is 0.400. The zero-order chi connectivity index (χ0) is 29.9. The van der Waals surface area contributed by atoms with E-state index in [1.807, 2.05) is 13.0 Å². The van der Waals surface area contributed by atoms with Crippen LogP contribution in [0, 0.1) is 12.3 Å². The molecule has 0 aliphatic carbocycles. The first-order valence-corrected chi connectivity index (χ1v) is 14.9. The van der Waals surface area contributed by atoms with E-state index < -0.39 is 47.4 Å². The van der Waals surface area contributed by atoms with Crippen LogP contribution in [0.2, 0.25) is 0 Å². The second-order valence-corrected chi connectivity index (χ2v) is 12.8. The number of nitrogens with one attached hydrogen (secondary N) is 1. The number of aryl methyl sites for hydroxylation is 1. The van der Waals surface area contributed by atoms with E-state index >= 15 is 0 Å². The number of fused-ring (bicyclic) bond motifs is 1. The van der Waals surface area contributed by atoms with E-state index in [4.69, 9.17) is 20.0 Å². The number of carbonyl (C=O) groups is 4. The first kappa shape index (κ1) is 30.2. The normalized spacial score (nSPS) is 19.1. The van der Waals surface area contributed by atoms with Gasteiger partial charge in [-0.05, 0) is 39.3 Å². The summed E-state index contributed by atoms with van der Waals surface area (Å²) in [6.45, 7) is 6.27. The Morgan fingerprint density at radius 1 is 1.24 bits per heavy atom. The number of hydrogen-bond acceptors (Lipinski definition) is 14. The van der Waals surface area contributed by atoms with Crippen LogP contribution in [0.3, 0.4) is 0 Å². The summed E-state index contributed by atoms with van der Waals surface area (Å²) < 4.78 is 10.3. The third kappa shape index (κ3) is 6.60. The first-order valence-electron chi connectivity index (χ1n) is 12.2. The van der Waals surface area contributed by atoms with Crippen molar-refractivity contribution in [1.82, 2.24) is 20.2 Å². The number of thioether (sulfide) groups is 1. The maximum atomic E-state index is 13.4. The van der Waals surface area contributed by atoms with Gasteiger partial charge in [0.05, 0.1) is 21.5 Å². The molecular weight excluding hydrogens is 593 g/mol. The molecule has 13 nitrogen and oxygen atoms in total. The lowest BCUT2D eigenvalue weighted by molar-refractivity contribution is -0.173. The van der Waals surface area contributed by atoms with Crippen molar-refractivity contribution in [2.24, 2.45) is 10.6 Å². The molecular formula is C25H28N6O7S3. The lowest BCUT2D eigenvalue weighted by atomic mass is 9.98. The van der Waals surface area contributed by atoms with Gasteiger partial charge in [-0.2, -0.15) is 0 Å². The Kier molecular flexibility index (Phi) is 9.14. The highest BCUT2D eigenvalue weighted by Crippen LogP contribution is 2.41. The summed E-state index contributed by atoms with van der Waals surface area (Å²) in [5.41, 5.74) is 7.89. The van der Waals surface area contributed by atoms with Crippen molar-refractivity contribution in [3.8, 4) is 0 Å². The lowest BCUT2D eigenvalue weighted by Gasteiger charge is -2.49. The summed E-state index contributed by atoms with van der Waals surface area (Å²) in [5, 5.41) is 6.09. The summed E-state index contributed by atoms with van der Waals surface area (Å²) in [6, 6.07) is -0.949. The number of aromatic nitrogens is 2. The molecule has 2 aliphatic rings. The predicted octanol–water partition coefficient (Wildman–Crippen LogP) is 2.30. The zero-order valence-corrected chi connectivity index (χ0v) is 25.3. The maximum absolute atomic E-state index is 13.4. The molecule has 2 amide bonds. The number of β-lactam (4-membered cyclic amide) rings is 1. The topological polar surface area (TPSA) is 175 Å². The van der Waals surface area contributed by atoms with E-state index in [1.165, 1.54) is 41.3 Å². The maximum Gasteiger partial charge on any atom is 0.358 e. The van der Waals surface area contributed by atoms with Gasteiger partial charge in [0, 0.05) is 16.8 Å². The Morgan fingerprint density at radius 2 is 2.00 bits per heavy atom. The van der Waals surface area contributed by atoms with Crippen LogP contribution in [0.5, 0.6) is 0 Å². The average Bonchev–Trinajstić information content (AvgIpc) is 3.54. The highest BCUT2D eigenvalue weighted by molar-refractivity contribution is 8.00. The third-order valence-corrected chi connectivity index (χ3v) is 8.87. The standard InChI is InChI=1S/C25H28N6O7S3/c1-12-14(40-10-28-12)7-6-13-9-39-21-17(29-19(32)16(30-36-5)15-8-27-24(26)41-15)20(33)31(21)18(13)22(34)37-11-38-23(35)25(2,3)4/h6-8,10,17,21H,9,11H2,1-5H3,(H2,26,27)(H,29,32)/b7-6-,30-16-. The molecule has 0 spiro atoms. The average molecular weight is 621 g/mol. The smallest absolute Gasteiger partial charge is 0.358 e. The molecule has 0 radical (unpaired) electrons. The van der Waals surface area contributed by atoms with Crippen molar-refractivity contribution in [3.05, 3.63) is 44.5 Å². The van der Waals surface area contributed by atoms with Crippen molar-refractivity contribution in [1.29, 1.82) is 0 Å². The van der Waals surface area contributed by atoms with E-state index in [9.17, 15) is 19.2 Å². The summed E-state index contributed by atoms with van der Waals surface area (Å²) >= 11 is 3.84. The predicted molar refractivity (Wildman–Crippen MR) is 155 cm³/mol. The molecule has 4 rings (SSSR count). The molecule has 2 aliphatic heterocycles. The molecule has 0 aromatic carbocycles. The van der Waals surface area contributed by atoms with Crippen LogP contribution in [0.4, 0.5) is 5.13 Å². The van der Waals surface area contributed by atoms with Gasteiger partial charge in [-0.1, -0.05) is 22.6 Å². The molecule has 16 heteroatoms. The molecule has 218 valence electrons. The van der Waals surface area contributed by atoms with Crippen LogP contribution in [0.25, 0.3) is 6.08 Å². The van der Waals surface area contributed by atoms with Gasteiger partial charge in [0.2, 0.25) is 6.79 Å². The molecule has 2 aromatic heterocycles. The summed E-state index contributed by atoms with van der Waals surface area (Å²) in [6.07, 6.45) is 4.93. The molecule has 2 aromatic rings. The van der Waals surface area contributed by atoms with Crippen LogP contribution in [0.1, 0.15) is 36.2 Å². The molecule has 1 saturated heterocycles. The number of nitrogens with two attached hydrogens (primary N) is 1. The monoisotopic (exact) mass is 620 g/mol. The van der Waals surface area contributed by atoms with Gasteiger partial charge in [0.15, 0.2) is 10.8 Å². The van der Waals surface area contributed by atoms with E-state index in [0.29, 0.717) is 16.2 Å². The van der Waals surface area contributed by atoms with Crippen LogP contribution < -0.4 is 11.1 Å². The minimum Gasteiger partial charge on any atom is -0.427 e. The largest absolute Gasteiger partial charge is 0.427 e. The number of hydrogen-bond donors (Lipinski definition) is 2. The number of anilines is 1. The molecule has 2 unspecified atom stereocenters. The van der Waals surface area contributed by atoms with Crippen molar-refractivity contribution in [2.75, 3.05) is 25.4 Å². The zero-order valence-electron chi connectivity index (χ0n) is 22.8. The summed E-state index contributed by atoms with van der Waals surface area (Å²) in [5.74, 6) is -2.22. The Balaban J connectivity index is 1.55. The van der Waals surface area contributed by atoms with Crippen molar-refractivity contribution >= 4 is 75.1 Å². The highest BCUT2D eigenvalue weighted by atomic mass is 32.2. The highest BCUT2D eigenvalue weighted by Gasteiger charge is 2.54. The Hall–Kier alpha value is -3.76. The number of allylic oxidation sites excluding steroid dienone is 1. The number of carbonyl (C=O) groups excluding carboxylic acids is 4. The quantitative estimate of drug-likeness (QED) is 0.138. The Labute approximate surface area is 247 Å². The summed E-state index contributed by atoms with van der Waals surface area (Å²) in [4.78, 5) is 67.3. The SMILES string of the molecule is CO/N=C(\C(=O)NC1C(=O)N2C(C(=O)OCOC(=O)C(C)(C)C)=C(/C=C\c3scnc3C)CSC12)c1cnc(N)s1. The van der Waals surface area contributed by atoms with Crippen molar-refractivity contribution < 1.29 is 33.5 Å². The van der Waals surface area contributed by atoms with Crippen LogP contribution in [0.15, 0.2) is 34.2 Å². The number of oxime groups is 1. The fourth-order valence-corrected chi connectivity index (χ4v) is 6.40. The van der Waals surface area contributed by atoms with Crippen LogP contribution in [-0.4, -0.2) is 75.4 Å². The number of rotatable bonds is 9. The minimum absolute atomic E-state index is 0.00971. The number of thiazole rings is 2. The van der Waals surface area contributed by atoms with Gasteiger partial charge in [-0.25, -0.2) is 14.8 Å². The van der Waals surface area contributed by atoms with Crippen molar-refractivity contribution in [3.63, 3.8) is 0 Å². The number of nitrogen functional groups attached to an aromatic ring is 1. The van der Waals surface area contributed by atoms with Gasteiger partial charge in [0.1, 0.15) is 24.2 Å². The second kappa shape index (κ2) is 12.4. The molecule has 3 N–H and O–H groups in total. The molecule has 1 fully saturated rings. The number of amides is 2. The number of ether oxygens (including phenoxy) is 2. The van der Waals surface area contributed by atoms with E-state index in [0.717, 1.165) is 21.9 Å². The molecule has 4 heterocycles. The Bertz CT molecular complexity index is 1460. The van der Waals surface area contributed by atoms with Crippen molar-refractivity contribution in [2.45, 2.75) is 39.1 Å². The van der Waals surface area contributed by atoms with Gasteiger partial charge in [0.25, 0.3) is 11.8 Å². The third-order valence-electron chi connectivity index (χ3n) is 5.84. The van der Waals surface area contributed by atoms with Gasteiger partial charge >= 0.3 is 11.9 Å². The van der Waals surface area contributed by atoms with E-state index in [2.05, 4.69) is 20.4 Å². The second-order valence-electron chi connectivity index (χ2n) is 9.79. The first-order chi connectivity index (χ1) is 19.4. The molecule has 0 bridgehead atoms. The Morgan fingerprint density at radius 3 is 2.61 bits per heavy atom. The van der Waals surface area contributed by atoms with E-state index in [1.54, 1.807) is 32.4 Å². The van der Waals surface area contributed by atoms with E-state index in [-0.39, 0.29) is 16.5 Å². The van der Waals surface area contributed by atoms with Gasteiger partial charge < -0.3 is 25.4 Å². The van der Waals surface area contributed by atoms with Gasteiger partial charge in [-0.3, -0.25) is 19.3 Å².